The molecule has 1 unspecified atom stereocenters. The third kappa shape index (κ3) is 3.20. The molecule has 0 fully saturated rings. The summed E-state index contributed by atoms with van der Waals surface area (Å²) >= 11 is 0. The first kappa shape index (κ1) is 18.1. The smallest absolute Gasteiger partial charge is 0.289 e. The molecule has 0 bridgehead atoms. The Bertz CT molecular complexity index is 1320. The summed E-state index contributed by atoms with van der Waals surface area (Å²) in [7, 11) is 0. The minimum atomic E-state index is -0.272. The van der Waals surface area contributed by atoms with Crippen molar-refractivity contribution in [1.82, 2.24) is 30.5 Å². The second-order valence-electron chi connectivity index (χ2n) is 7.14. The Morgan fingerprint density at radius 1 is 1.00 bits per heavy atom. The van der Waals surface area contributed by atoms with E-state index in [2.05, 4.69) is 30.5 Å². The Kier molecular flexibility index (Phi) is 4.48. The fraction of sp³-hybridized carbons (Fsp3) is 0.130. The van der Waals surface area contributed by atoms with Gasteiger partial charge in [-0.25, -0.2) is 9.97 Å². The Morgan fingerprint density at radius 3 is 2.47 bits per heavy atom. The second-order valence-corrected chi connectivity index (χ2v) is 7.14. The Hall–Kier alpha value is -4.00. The number of hydrogen-bond acceptors (Lipinski definition) is 4. The van der Waals surface area contributed by atoms with Crippen LogP contribution in [0.4, 0.5) is 0 Å². The van der Waals surface area contributed by atoms with Crippen LogP contribution < -0.4 is 5.32 Å². The van der Waals surface area contributed by atoms with Gasteiger partial charge in [-0.3, -0.25) is 14.9 Å². The fourth-order valence-electron chi connectivity index (χ4n) is 3.69. The molecule has 0 aliphatic carbocycles. The summed E-state index contributed by atoms with van der Waals surface area (Å²) in [5.74, 6) is -0.0899. The minimum Gasteiger partial charge on any atom is -0.343 e. The molecule has 30 heavy (non-hydrogen) atoms. The predicted octanol–water partition coefficient (Wildman–Crippen LogP) is 4.38. The number of carbonyl (C=O) groups is 1. The zero-order valence-electron chi connectivity index (χ0n) is 16.4. The number of carbonyl (C=O) groups excluding carboxylic acids is 1. The van der Waals surface area contributed by atoms with Crippen LogP contribution >= 0.6 is 0 Å². The van der Waals surface area contributed by atoms with Gasteiger partial charge in [0.25, 0.3) is 5.91 Å². The topological polar surface area (TPSA) is 99.3 Å². The minimum absolute atomic E-state index is 0.0807. The van der Waals surface area contributed by atoms with Gasteiger partial charge in [-0.2, -0.15) is 0 Å². The van der Waals surface area contributed by atoms with Crippen molar-refractivity contribution in [2.75, 3.05) is 0 Å². The number of benzene rings is 2. The van der Waals surface area contributed by atoms with Gasteiger partial charge in [0, 0.05) is 23.3 Å². The molecule has 1 atom stereocenters. The number of imidazole rings is 1. The lowest BCUT2D eigenvalue weighted by molar-refractivity contribution is 0.0926. The maximum Gasteiger partial charge on any atom is 0.289 e. The van der Waals surface area contributed by atoms with Crippen molar-refractivity contribution in [2.24, 2.45) is 0 Å². The summed E-state index contributed by atoms with van der Waals surface area (Å²) in [5, 5.41) is 10.4. The van der Waals surface area contributed by atoms with Crippen LogP contribution in [-0.4, -0.2) is 31.1 Å². The van der Waals surface area contributed by atoms with Crippen molar-refractivity contribution in [3.8, 4) is 11.3 Å². The van der Waals surface area contributed by atoms with Crippen LogP contribution in [0, 0.1) is 0 Å². The highest BCUT2D eigenvalue weighted by atomic mass is 16.2. The molecule has 148 valence electrons. The highest BCUT2D eigenvalue weighted by Gasteiger charge is 2.19. The number of nitrogens with zero attached hydrogens (tertiary/aromatic N) is 3. The normalized spacial score (nSPS) is 12.3. The van der Waals surface area contributed by atoms with Gasteiger partial charge in [0.2, 0.25) is 5.82 Å². The molecular weight excluding hydrogens is 376 g/mol. The van der Waals surface area contributed by atoms with Crippen molar-refractivity contribution in [2.45, 2.75) is 19.4 Å². The predicted molar refractivity (Wildman–Crippen MR) is 116 cm³/mol. The SMILES string of the molecule is CCC(NC(=O)c1nc2cc3[nH][nH]c(-c4ccncc4)c3cc2n1)c1ccccc1. The first-order valence-corrected chi connectivity index (χ1v) is 9.87. The van der Waals surface area contributed by atoms with E-state index in [0.717, 1.165) is 34.1 Å². The quantitative estimate of drug-likeness (QED) is 0.410. The monoisotopic (exact) mass is 396 g/mol. The van der Waals surface area contributed by atoms with E-state index < -0.39 is 0 Å². The highest BCUT2D eigenvalue weighted by molar-refractivity contribution is 6.02. The Morgan fingerprint density at radius 2 is 1.73 bits per heavy atom. The van der Waals surface area contributed by atoms with Crippen molar-refractivity contribution in [3.05, 3.63) is 78.4 Å². The summed E-state index contributed by atoms with van der Waals surface area (Å²) in [6.07, 6.45) is 4.29. The number of amides is 1. The molecule has 5 rings (SSSR count). The molecule has 0 saturated carbocycles. The van der Waals surface area contributed by atoms with E-state index in [1.165, 1.54) is 0 Å². The van der Waals surface area contributed by atoms with Gasteiger partial charge in [0.05, 0.1) is 28.3 Å². The Balaban J connectivity index is 1.48. The van der Waals surface area contributed by atoms with Crippen molar-refractivity contribution >= 4 is 27.8 Å². The van der Waals surface area contributed by atoms with E-state index in [1.807, 2.05) is 61.5 Å². The zero-order valence-corrected chi connectivity index (χ0v) is 16.4. The lowest BCUT2D eigenvalue weighted by Gasteiger charge is -2.16. The van der Waals surface area contributed by atoms with E-state index in [9.17, 15) is 4.79 Å². The van der Waals surface area contributed by atoms with Crippen LogP contribution in [0.15, 0.2) is 67.0 Å². The molecule has 7 heteroatoms. The Labute approximate surface area is 172 Å². The van der Waals surface area contributed by atoms with Crippen LogP contribution in [0.2, 0.25) is 0 Å². The highest BCUT2D eigenvalue weighted by Crippen LogP contribution is 2.29. The van der Waals surface area contributed by atoms with E-state index >= 15 is 0 Å². The molecule has 2 aromatic carbocycles. The van der Waals surface area contributed by atoms with Crippen LogP contribution in [0.5, 0.6) is 0 Å². The standard InChI is InChI=1S/C23H20N6O/c1-2-17(14-6-4-3-5-7-14)27-23(30)22-25-19-12-16-18(13-20(19)26-22)28-29-21(16)15-8-10-24-11-9-15/h3-13,17,28-29H,2H2,1H3,(H,27,30). The van der Waals surface area contributed by atoms with Crippen LogP contribution in [0.1, 0.15) is 35.6 Å². The van der Waals surface area contributed by atoms with Crippen LogP contribution in [-0.2, 0) is 0 Å². The molecule has 3 aromatic heterocycles. The molecule has 0 spiro atoms. The number of rotatable bonds is 5. The van der Waals surface area contributed by atoms with Gasteiger partial charge in [0.1, 0.15) is 0 Å². The molecule has 0 aliphatic heterocycles. The number of fused-ring (bicyclic) bond motifs is 2. The average molecular weight is 396 g/mol. The number of hydrogen-bond donors (Lipinski definition) is 3. The van der Waals surface area contributed by atoms with Crippen molar-refractivity contribution in [1.29, 1.82) is 0 Å². The maximum atomic E-state index is 12.8. The molecule has 0 saturated heterocycles. The largest absolute Gasteiger partial charge is 0.343 e. The third-order valence-corrected chi connectivity index (χ3v) is 5.25. The molecule has 0 radical (unpaired) electrons. The molecular formula is C23H20N6O. The first-order valence-electron chi connectivity index (χ1n) is 9.87. The van der Waals surface area contributed by atoms with Crippen LogP contribution in [0.25, 0.3) is 33.2 Å². The second kappa shape index (κ2) is 7.44. The summed E-state index contributed by atoms with van der Waals surface area (Å²) in [5.41, 5.74) is 5.29. The molecule has 0 aliphatic rings. The van der Waals surface area contributed by atoms with E-state index in [4.69, 9.17) is 0 Å². The lowest BCUT2D eigenvalue weighted by Crippen LogP contribution is -2.28. The summed E-state index contributed by atoms with van der Waals surface area (Å²) in [6, 6.07) is 17.6. The molecule has 7 nitrogen and oxygen atoms in total. The first-order chi connectivity index (χ1) is 14.7. The van der Waals surface area contributed by atoms with E-state index in [0.29, 0.717) is 11.0 Å². The average Bonchev–Trinajstić information content (AvgIpc) is 3.40. The van der Waals surface area contributed by atoms with Gasteiger partial charge < -0.3 is 10.4 Å². The van der Waals surface area contributed by atoms with Gasteiger partial charge >= 0.3 is 0 Å². The molecule has 1 amide bonds. The summed E-state index contributed by atoms with van der Waals surface area (Å²) in [4.78, 5) is 25.8. The molecule has 3 N–H and O–H groups in total. The summed E-state index contributed by atoms with van der Waals surface area (Å²) in [6.45, 7) is 2.04. The zero-order chi connectivity index (χ0) is 20.5. The van der Waals surface area contributed by atoms with Gasteiger partial charge in [-0.1, -0.05) is 37.3 Å². The lowest BCUT2D eigenvalue weighted by atomic mass is 10.0. The third-order valence-electron chi connectivity index (χ3n) is 5.25. The van der Waals surface area contributed by atoms with Crippen molar-refractivity contribution < 1.29 is 4.79 Å². The van der Waals surface area contributed by atoms with Gasteiger partial charge in [0.15, 0.2) is 0 Å². The maximum absolute atomic E-state index is 12.8. The van der Waals surface area contributed by atoms with Gasteiger partial charge in [-0.15, -0.1) is 0 Å². The molecule has 3 heterocycles. The number of aromatic nitrogens is 5. The fourth-order valence-corrected chi connectivity index (χ4v) is 3.69. The number of nitrogens with one attached hydrogen (secondary N) is 3. The van der Waals surface area contributed by atoms with Gasteiger partial charge in [-0.05, 0) is 36.2 Å². The summed E-state index contributed by atoms with van der Waals surface area (Å²) < 4.78 is 0. The van der Waals surface area contributed by atoms with Crippen LogP contribution in [0.3, 0.4) is 0 Å². The number of H-pyrrole nitrogens is 2. The molecule has 5 aromatic rings. The number of pyridine rings is 1. The van der Waals surface area contributed by atoms with Crippen molar-refractivity contribution in [3.63, 3.8) is 0 Å². The van der Waals surface area contributed by atoms with E-state index in [1.54, 1.807) is 12.4 Å². The number of aromatic amines is 2. The van der Waals surface area contributed by atoms with E-state index in [-0.39, 0.29) is 17.8 Å².